The lowest BCUT2D eigenvalue weighted by Gasteiger charge is -2.13. The number of carbonyl (C=O) groups is 1. The number of rotatable bonds is 9. The van der Waals surface area contributed by atoms with Gasteiger partial charge in [-0.1, -0.05) is 11.8 Å². The van der Waals surface area contributed by atoms with Crippen molar-refractivity contribution >= 4 is 23.4 Å². The third-order valence-corrected chi connectivity index (χ3v) is 5.76. The molecule has 0 saturated carbocycles. The fraction of sp³-hybridized carbons (Fsp3) is 0.318. The number of hydrogen-bond donors (Lipinski definition) is 2. The molecule has 1 aliphatic rings. The van der Waals surface area contributed by atoms with E-state index in [0.717, 1.165) is 29.5 Å². The van der Waals surface area contributed by atoms with Crippen LogP contribution in [0, 0.1) is 5.82 Å². The molecule has 174 valence electrons. The summed E-state index contributed by atoms with van der Waals surface area (Å²) in [6.45, 7) is 4.41. The lowest BCUT2D eigenvalue weighted by Crippen LogP contribution is -2.18. The number of nitrogens with two attached hydrogens (primary N) is 1. The molecular weight excluding hydrogens is 449 g/mol. The molecule has 0 spiro atoms. The maximum Gasteiger partial charge on any atom is 0.234 e. The van der Waals surface area contributed by atoms with Gasteiger partial charge in [-0.15, -0.1) is 10.2 Å². The summed E-state index contributed by atoms with van der Waals surface area (Å²) in [7, 11) is 0. The Morgan fingerprint density at radius 2 is 2.09 bits per heavy atom. The van der Waals surface area contributed by atoms with Crippen LogP contribution in [0.1, 0.15) is 25.2 Å². The van der Waals surface area contributed by atoms with Gasteiger partial charge in [0.05, 0.1) is 18.0 Å². The van der Waals surface area contributed by atoms with Gasteiger partial charge in [0.1, 0.15) is 35.8 Å². The molecule has 0 saturated heterocycles. The number of carbonyl (C=O) groups excluding carboxylic acids is 1. The quantitative estimate of drug-likeness (QED) is 0.360. The average molecular weight is 474 g/mol. The van der Waals surface area contributed by atoms with Crippen molar-refractivity contribution in [2.75, 3.05) is 23.5 Å². The molecule has 11 heteroatoms. The van der Waals surface area contributed by atoms with Crippen LogP contribution in [0.2, 0.25) is 0 Å². The van der Waals surface area contributed by atoms with E-state index >= 15 is 0 Å². The molecule has 0 aliphatic carbocycles. The molecule has 4 rings (SSSR count). The molecule has 2 heterocycles. The molecule has 3 N–H and O–H groups in total. The largest absolute Gasteiger partial charge is 0.492 e. The van der Waals surface area contributed by atoms with E-state index in [1.165, 1.54) is 28.9 Å². The number of hydrogen-bond acceptors (Lipinski definition) is 8. The first-order valence-corrected chi connectivity index (χ1v) is 11.4. The standard InChI is InChI=1S/C22H24FN5O4S/c1-3-30-19-9-14-8-13(2)32-18(14)10-17(19)25-21(29)12-33-22-27-26-20(28(22)24)11-31-16-6-4-15(23)5-7-16/h4-7,9-10,13H,3,8,11-12,24H2,1-2H3,(H,25,29). The van der Waals surface area contributed by atoms with Crippen LogP contribution in [0.25, 0.3) is 0 Å². The van der Waals surface area contributed by atoms with Crippen molar-refractivity contribution in [3.8, 4) is 17.2 Å². The second kappa shape index (κ2) is 9.99. The number of fused-ring (bicyclic) bond motifs is 1. The van der Waals surface area contributed by atoms with Gasteiger partial charge in [-0.2, -0.15) is 0 Å². The van der Waals surface area contributed by atoms with Gasteiger partial charge in [0.2, 0.25) is 11.1 Å². The highest BCUT2D eigenvalue weighted by Crippen LogP contribution is 2.38. The molecular formula is C22H24FN5O4S. The van der Waals surface area contributed by atoms with Gasteiger partial charge in [0.15, 0.2) is 5.82 Å². The van der Waals surface area contributed by atoms with E-state index in [1.807, 2.05) is 19.9 Å². The Bertz CT molecular complexity index is 1140. The monoisotopic (exact) mass is 473 g/mol. The lowest BCUT2D eigenvalue weighted by molar-refractivity contribution is -0.113. The first-order chi connectivity index (χ1) is 15.9. The van der Waals surface area contributed by atoms with Crippen molar-refractivity contribution in [2.45, 2.75) is 38.1 Å². The maximum atomic E-state index is 13.0. The van der Waals surface area contributed by atoms with Gasteiger partial charge in [-0.25, -0.2) is 9.07 Å². The van der Waals surface area contributed by atoms with Crippen LogP contribution in [0.3, 0.4) is 0 Å². The smallest absolute Gasteiger partial charge is 0.234 e. The summed E-state index contributed by atoms with van der Waals surface area (Å²) in [6, 6.07) is 9.32. The van der Waals surface area contributed by atoms with E-state index in [9.17, 15) is 9.18 Å². The van der Waals surface area contributed by atoms with Gasteiger partial charge < -0.3 is 25.4 Å². The van der Waals surface area contributed by atoms with Crippen LogP contribution in [0.5, 0.6) is 17.2 Å². The molecule has 3 aromatic rings. The van der Waals surface area contributed by atoms with Crippen LogP contribution < -0.4 is 25.4 Å². The minimum atomic E-state index is -0.350. The van der Waals surface area contributed by atoms with Crippen molar-refractivity contribution < 1.29 is 23.4 Å². The predicted octanol–water partition coefficient (Wildman–Crippen LogP) is 3.16. The molecule has 2 aromatic carbocycles. The molecule has 33 heavy (non-hydrogen) atoms. The molecule has 0 radical (unpaired) electrons. The molecule has 1 unspecified atom stereocenters. The summed E-state index contributed by atoms with van der Waals surface area (Å²) >= 11 is 1.14. The van der Waals surface area contributed by atoms with Crippen LogP contribution in [0.4, 0.5) is 10.1 Å². The van der Waals surface area contributed by atoms with E-state index in [2.05, 4.69) is 15.5 Å². The summed E-state index contributed by atoms with van der Waals surface area (Å²) in [5.74, 6) is 7.69. The number of thioether (sulfide) groups is 1. The lowest BCUT2D eigenvalue weighted by atomic mass is 10.1. The Labute approximate surface area is 194 Å². The van der Waals surface area contributed by atoms with Crippen molar-refractivity contribution in [3.05, 3.63) is 53.6 Å². The fourth-order valence-corrected chi connectivity index (χ4v) is 3.99. The van der Waals surface area contributed by atoms with Crippen molar-refractivity contribution in [3.63, 3.8) is 0 Å². The number of anilines is 1. The Balaban J connectivity index is 1.35. The normalized spacial score (nSPS) is 14.5. The SMILES string of the molecule is CCOc1cc2c(cc1NC(=O)CSc1nnc(COc3ccc(F)cc3)n1N)OC(C)C2. The van der Waals surface area contributed by atoms with Gasteiger partial charge >= 0.3 is 0 Å². The summed E-state index contributed by atoms with van der Waals surface area (Å²) in [5.41, 5.74) is 1.61. The Hall–Kier alpha value is -3.47. The average Bonchev–Trinajstić information content (AvgIpc) is 3.33. The number of aromatic nitrogens is 3. The first-order valence-electron chi connectivity index (χ1n) is 10.4. The van der Waals surface area contributed by atoms with E-state index < -0.39 is 0 Å². The number of amides is 1. The van der Waals surface area contributed by atoms with Crippen LogP contribution in [0.15, 0.2) is 41.6 Å². The molecule has 1 aliphatic heterocycles. The highest BCUT2D eigenvalue weighted by molar-refractivity contribution is 7.99. The molecule has 1 aromatic heterocycles. The zero-order chi connectivity index (χ0) is 23.4. The molecule has 9 nitrogen and oxygen atoms in total. The maximum absolute atomic E-state index is 13.0. The van der Waals surface area contributed by atoms with E-state index in [-0.39, 0.29) is 30.2 Å². The fourth-order valence-electron chi connectivity index (χ4n) is 3.31. The minimum absolute atomic E-state index is 0.0488. The van der Waals surface area contributed by atoms with Crippen LogP contribution >= 0.6 is 11.8 Å². The topological polar surface area (TPSA) is 114 Å². The Morgan fingerprint density at radius 1 is 1.30 bits per heavy atom. The predicted molar refractivity (Wildman–Crippen MR) is 122 cm³/mol. The van der Waals surface area contributed by atoms with Crippen LogP contribution in [-0.4, -0.2) is 39.2 Å². The van der Waals surface area contributed by atoms with E-state index in [0.29, 0.717) is 34.8 Å². The third-order valence-electron chi connectivity index (χ3n) is 4.82. The van der Waals surface area contributed by atoms with Crippen LogP contribution in [-0.2, 0) is 17.8 Å². The summed E-state index contributed by atoms with van der Waals surface area (Å²) in [6.07, 6.45) is 0.895. The molecule has 1 atom stereocenters. The summed E-state index contributed by atoms with van der Waals surface area (Å²) < 4.78 is 31.3. The van der Waals surface area contributed by atoms with Gasteiger partial charge in [-0.3, -0.25) is 4.79 Å². The summed E-state index contributed by atoms with van der Waals surface area (Å²) in [5, 5.41) is 11.2. The molecule has 0 fully saturated rings. The molecule has 0 bridgehead atoms. The van der Waals surface area contributed by atoms with Gasteiger partial charge in [0, 0.05) is 18.1 Å². The summed E-state index contributed by atoms with van der Waals surface area (Å²) in [4.78, 5) is 12.6. The molecule has 1 amide bonds. The zero-order valence-corrected chi connectivity index (χ0v) is 19.0. The minimum Gasteiger partial charge on any atom is -0.492 e. The Kier molecular flexibility index (Phi) is 6.87. The number of nitrogens with one attached hydrogen (secondary N) is 1. The van der Waals surface area contributed by atoms with Gasteiger partial charge in [0.25, 0.3) is 0 Å². The van der Waals surface area contributed by atoms with Gasteiger partial charge in [-0.05, 0) is 44.2 Å². The zero-order valence-electron chi connectivity index (χ0n) is 18.2. The second-order valence-corrected chi connectivity index (χ2v) is 8.31. The third kappa shape index (κ3) is 5.48. The number of nitrogen functional groups attached to an aromatic ring is 1. The number of nitrogens with zero attached hydrogens (tertiary/aromatic N) is 3. The second-order valence-electron chi connectivity index (χ2n) is 7.37. The van der Waals surface area contributed by atoms with Crippen molar-refractivity contribution in [1.82, 2.24) is 14.9 Å². The first kappa shape index (κ1) is 22.7. The number of benzene rings is 2. The van der Waals surface area contributed by atoms with Crippen molar-refractivity contribution in [1.29, 1.82) is 0 Å². The number of ether oxygens (including phenoxy) is 3. The Morgan fingerprint density at radius 3 is 2.85 bits per heavy atom. The van der Waals surface area contributed by atoms with E-state index in [4.69, 9.17) is 20.1 Å². The highest BCUT2D eigenvalue weighted by atomic mass is 32.2. The van der Waals surface area contributed by atoms with Crippen molar-refractivity contribution in [2.24, 2.45) is 0 Å². The number of halogens is 1. The highest BCUT2D eigenvalue weighted by Gasteiger charge is 2.23. The van der Waals surface area contributed by atoms with E-state index in [1.54, 1.807) is 6.07 Å².